The lowest BCUT2D eigenvalue weighted by Crippen LogP contribution is -1.91. The van der Waals surface area contributed by atoms with Gasteiger partial charge < -0.3 is 10.5 Å². The molecule has 0 fully saturated rings. The lowest BCUT2D eigenvalue weighted by atomic mass is 10.1. The third-order valence-corrected chi connectivity index (χ3v) is 3.01. The molecule has 0 amide bonds. The number of hydrogen-bond donors (Lipinski definition) is 1. The summed E-state index contributed by atoms with van der Waals surface area (Å²) in [6.45, 7) is 0. The highest BCUT2D eigenvalue weighted by Crippen LogP contribution is 2.37. The fourth-order valence-corrected chi connectivity index (χ4v) is 2.30. The largest absolute Gasteiger partial charge is 0.495 e. The first-order valence-corrected chi connectivity index (χ1v) is 4.89. The number of nitrogens with zero attached hydrogens (tertiary/aromatic N) is 1. The summed E-state index contributed by atoms with van der Waals surface area (Å²) >= 11 is 1.56. The highest BCUT2D eigenvalue weighted by atomic mass is 32.1. The van der Waals surface area contributed by atoms with Crippen molar-refractivity contribution in [3.8, 4) is 11.8 Å². The number of benzene rings is 1. The van der Waals surface area contributed by atoms with Crippen molar-refractivity contribution in [1.29, 1.82) is 5.26 Å². The van der Waals surface area contributed by atoms with Crippen molar-refractivity contribution in [2.45, 2.75) is 0 Å². The lowest BCUT2D eigenvalue weighted by molar-refractivity contribution is 0.421. The van der Waals surface area contributed by atoms with Crippen molar-refractivity contribution < 1.29 is 4.74 Å². The minimum absolute atomic E-state index is 0.495. The molecule has 70 valence electrons. The molecule has 0 saturated carbocycles. The Hall–Kier alpha value is -1.73. The van der Waals surface area contributed by atoms with Gasteiger partial charge >= 0.3 is 0 Å². The standard InChI is InChI=1S/C10H8N2OS/c1-13-7-5-14-8-3-2-6(4-11)10(12)9(7)8/h2-3,5H,12H2,1H3. The van der Waals surface area contributed by atoms with Crippen LogP contribution in [0, 0.1) is 11.3 Å². The Morgan fingerprint density at radius 2 is 2.29 bits per heavy atom. The normalized spacial score (nSPS) is 10.0. The predicted octanol–water partition coefficient (Wildman–Crippen LogP) is 2.36. The fourth-order valence-electron chi connectivity index (χ4n) is 1.38. The number of nitriles is 1. The topological polar surface area (TPSA) is 59.0 Å². The van der Waals surface area contributed by atoms with Crippen molar-refractivity contribution in [2.75, 3.05) is 12.8 Å². The van der Waals surface area contributed by atoms with Gasteiger partial charge in [0.25, 0.3) is 0 Å². The molecule has 0 radical (unpaired) electrons. The van der Waals surface area contributed by atoms with Crippen LogP contribution in [0.15, 0.2) is 17.5 Å². The zero-order valence-electron chi connectivity index (χ0n) is 7.57. The van der Waals surface area contributed by atoms with Gasteiger partial charge in [0, 0.05) is 10.1 Å². The number of ether oxygens (including phenoxy) is 1. The maximum Gasteiger partial charge on any atom is 0.139 e. The van der Waals surface area contributed by atoms with Crippen molar-refractivity contribution in [2.24, 2.45) is 0 Å². The molecule has 0 bridgehead atoms. The van der Waals surface area contributed by atoms with Crippen molar-refractivity contribution in [1.82, 2.24) is 0 Å². The minimum atomic E-state index is 0.495. The first-order chi connectivity index (χ1) is 6.77. The second-order valence-electron chi connectivity index (χ2n) is 2.82. The molecule has 0 unspecified atom stereocenters. The number of fused-ring (bicyclic) bond motifs is 1. The van der Waals surface area contributed by atoms with Gasteiger partial charge in [0.05, 0.1) is 23.7 Å². The molecule has 2 rings (SSSR count). The second-order valence-corrected chi connectivity index (χ2v) is 3.73. The Morgan fingerprint density at radius 3 is 2.93 bits per heavy atom. The molecule has 0 aliphatic rings. The van der Waals surface area contributed by atoms with Gasteiger partial charge in [0.1, 0.15) is 11.8 Å². The summed E-state index contributed by atoms with van der Waals surface area (Å²) in [6.07, 6.45) is 0. The number of nitrogens with two attached hydrogens (primary N) is 1. The number of nitrogen functional groups attached to an aromatic ring is 1. The van der Waals surface area contributed by atoms with E-state index in [2.05, 4.69) is 6.07 Å². The lowest BCUT2D eigenvalue weighted by Gasteiger charge is -2.01. The van der Waals surface area contributed by atoms with Gasteiger partial charge in [-0.3, -0.25) is 0 Å². The molecule has 1 aromatic carbocycles. The molecule has 4 heteroatoms. The van der Waals surface area contributed by atoms with E-state index in [0.717, 1.165) is 15.8 Å². The zero-order valence-corrected chi connectivity index (χ0v) is 8.39. The SMILES string of the molecule is COc1csc2ccc(C#N)c(N)c12. The minimum Gasteiger partial charge on any atom is -0.495 e. The van der Waals surface area contributed by atoms with Gasteiger partial charge in [-0.1, -0.05) is 0 Å². The van der Waals surface area contributed by atoms with Crippen LogP contribution in [0.4, 0.5) is 5.69 Å². The number of thiophene rings is 1. The predicted molar refractivity (Wildman–Crippen MR) is 57.5 cm³/mol. The van der Waals surface area contributed by atoms with E-state index in [1.54, 1.807) is 24.5 Å². The third kappa shape index (κ3) is 1.10. The van der Waals surface area contributed by atoms with Gasteiger partial charge in [-0.25, -0.2) is 0 Å². The van der Waals surface area contributed by atoms with Crippen LogP contribution >= 0.6 is 11.3 Å². The van der Waals surface area contributed by atoms with Gasteiger partial charge in [-0.15, -0.1) is 11.3 Å². The molecule has 14 heavy (non-hydrogen) atoms. The summed E-state index contributed by atoms with van der Waals surface area (Å²) in [7, 11) is 1.60. The summed E-state index contributed by atoms with van der Waals surface area (Å²) < 4.78 is 6.21. The molecule has 1 heterocycles. The molecule has 0 spiro atoms. The molecule has 0 aliphatic heterocycles. The maximum atomic E-state index is 8.81. The summed E-state index contributed by atoms with van der Waals surface area (Å²) in [5.74, 6) is 0.736. The molecule has 0 atom stereocenters. The summed E-state index contributed by atoms with van der Waals surface area (Å²) in [6, 6.07) is 5.67. The van der Waals surface area contributed by atoms with E-state index in [0.29, 0.717) is 11.3 Å². The Morgan fingerprint density at radius 1 is 1.50 bits per heavy atom. The van der Waals surface area contributed by atoms with E-state index < -0.39 is 0 Å². The van der Waals surface area contributed by atoms with Crippen LogP contribution in [0.5, 0.6) is 5.75 Å². The average Bonchev–Trinajstić information content (AvgIpc) is 2.62. The van der Waals surface area contributed by atoms with Crippen LogP contribution in [0.25, 0.3) is 10.1 Å². The number of anilines is 1. The quantitative estimate of drug-likeness (QED) is 0.725. The Bertz CT molecular complexity index is 525. The zero-order chi connectivity index (χ0) is 10.1. The maximum absolute atomic E-state index is 8.81. The Balaban J connectivity index is 2.85. The first-order valence-electron chi connectivity index (χ1n) is 4.01. The first kappa shape index (κ1) is 8.85. The van der Waals surface area contributed by atoms with Crippen LogP contribution in [-0.4, -0.2) is 7.11 Å². The van der Waals surface area contributed by atoms with Gasteiger partial charge in [0.15, 0.2) is 0 Å². The van der Waals surface area contributed by atoms with Gasteiger partial charge in [0.2, 0.25) is 0 Å². The fraction of sp³-hybridized carbons (Fsp3) is 0.100. The van der Waals surface area contributed by atoms with Crippen LogP contribution in [-0.2, 0) is 0 Å². The molecule has 0 saturated heterocycles. The summed E-state index contributed by atoms with van der Waals surface area (Å²) in [5.41, 5.74) is 6.85. The molecule has 2 N–H and O–H groups in total. The van der Waals surface area contributed by atoms with Crippen molar-refractivity contribution in [3.63, 3.8) is 0 Å². The van der Waals surface area contributed by atoms with Crippen LogP contribution < -0.4 is 10.5 Å². The van der Waals surface area contributed by atoms with E-state index in [1.807, 2.05) is 11.4 Å². The molecule has 0 aliphatic carbocycles. The number of methoxy groups -OCH3 is 1. The van der Waals surface area contributed by atoms with Gasteiger partial charge in [-0.2, -0.15) is 5.26 Å². The van der Waals surface area contributed by atoms with E-state index in [-0.39, 0.29) is 0 Å². The van der Waals surface area contributed by atoms with Crippen molar-refractivity contribution >= 4 is 27.1 Å². The van der Waals surface area contributed by atoms with Crippen LogP contribution in [0.3, 0.4) is 0 Å². The highest BCUT2D eigenvalue weighted by Gasteiger charge is 2.10. The summed E-state index contributed by atoms with van der Waals surface area (Å²) in [4.78, 5) is 0. The highest BCUT2D eigenvalue weighted by molar-refractivity contribution is 7.17. The second kappa shape index (κ2) is 3.20. The summed E-state index contributed by atoms with van der Waals surface area (Å²) in [5, 5.41) is 11.5. The van der Waals surface area contributed by atoms with E-state index in [1.165, 1.54) is 0 Å². The molecular formula is C10H8N2OS. The molecule has 3 nitrogen and oxygen atoms in total. The molecular weight excluding hydrogens is 196 g/mol. The monoisotopic (exact) mass is 204 g/mol. The average molecular weight is 204 g/mol. The Labute approximate surface area is 85.3 Å². The van der Waals surface area contributed by atoms with Crippen molar-refractivity contribution in [3.05, 3.63) is 23.1 Å². The van der Waals surface area contributed by atoms with E-state index in [9.17, 15) is 0 Å². The van der Waals surface area contributed by atoms with E-state index >= 15 is 0 Å². The van der Waals surface area contributed by atoms with Gasteiger partial charge in [-0.05, 0) is 12.1 Å². The van der Waals surface area contributed by atoms with E-state index in [4.69, 9.17) is 15.7 Å². The number of rotatable bonds is 1. The Kier molecular flexibility index (Phi) is 2.02. The molecule has 1 aromatic heterocycles. The smallest absolute Gasteiger partial charge is 0.139 e. The molecule has 2 aromatic rings. The van der Waals surface area contributed by atoms with Crippen LogP contribution in [0.2, 0.25) is 0 Å². The number of hydrogen-bond acceptors (Lipinski definition) is 4. The van der Waals surface area contributed by atoms with Crippen LogP contribution in [0.1, 0.15) is 5.56 Å². The third-order valence-electron chi connectivity index (χ3n) is 2.09.